The molecule has 2 N–H and O–H groups in total. The molecule has 1 aromatic heterocycles. The van der Waals surface area contributed by atoms with Gasteiger partial charge in [-0.3, -0.25) is 0 Å². The number of aliphatic hydroxyl groups is 1. The fourth-order valence-corrected chi connectivity index (χ4v) is 3.74. The Kier molecular flexibility index (Phi) is 4.98. The number of rotatable bonds is 6. The molecule has 0 bridgehead atoms. The van der Waals surface area contributed by atoms with E-state index in [-0.39, 0.29) is 17.9 Å². The van der Waals surface area contributed by atoms with E-state index in [0.717, 1.165) is 0 Å². The Balaban J connectivity index is 1.95. The number of aliphatic hydroxyl groups excluding tert-OH is 1. The maximum Gasteiger partial charge on any atom is 0.241 e. The molecule has 0 aliphatic rings. The summed E-state index contributed by atoms with van der Waals surface area (Å²) in [7, 11) is -3.59. The number of hydrogen-bond acceptors (Lipinski definition) is 4. The normalized spacial score (nSPS) is 13.3. The number of furan rings is 1. The summed E-state index contributed by atoms with van der Waals surface area (Å²) in [4.78, 5) is 0.174. The Morgan fingerprint density at radius 3 is 2.65 bits per heavy atom. The molecule has 5 nitrogen and oxygen atoms in total. The van der Waals surface area contributed by atoms with Gasteiger partial charge >= 0.3 is 0 Å². The van der Waals surface area contributed by atoms with E-state index < -0.39 is 16.1 Å². The first kappa shape index (κ1) is 15.2. The Morgan fingerprint density at radius 2 is 2.00 bits per heavy atom. The van der Waals surface area contributed by atoms with Crippen LogP contribution in [-0.2, 0) is 10.0 Å². The second kappa shape index (κ2) is 6.53. The summed E-state index contributed by atoms with van der Waals surface area (Å²) >= 11 is 3.20. The highest BCUT2D eigenvalue weighted by atomic mass is 79.9. The van der Waals surface area contributed by atoms with Gasteiger partial charge in [0, 0.05) is 11.0 Å². The molecular formula is C13H14BrNO4S. The fourth-order valence-electron chi connectivity index (χ4n) is 1.69. The topological polar surface area (TPSA) is 79.5 Å². The Morgan fingerprint density at radius 1 is 1.25 bits per heavy atom. The number of nitrogens with one attached hydrogen (secondary N) is 1. The molecule has 0 aliphatic heterocycles. The first-order valence-electron chi connectivity index (χ1n) is 5.96. The third kappa shape index (κ3) is 3.69. The van der Waals surface area contributed by atoms with Gasteiger partial charge < -0.3 is 9.52 Å². The van der Waals surface area contributed by atoms with Gasteiger partial charge in [0.25, 0.3) is 0 Å². The molecule has 1 atom stereocenters. The molecule has 0 aliphatic carbocycles. The van der Waals surface area contributed by atoms with Crippen molar-refractivity contribution in [2.75, 3.05) is 6.54 Å². The lowest BCUT2D eigenvalue weighted by Gasteiger charge is -2.10. The predicted octanol–water partition coefficient (Wildman–Crippen LogP) is 2.44. The first-order valence-corrected chi connectivity index (χ1v) is 8.24. The summed E-state index contributed by atoms with van der Waals surface area (Å²) in [5, 5.41) is 9.79. The standard InChI is InChI=1S/C13H14BrNO4S/c14-10-4-1-2-6-13(10)20(17,18)15-8-7-11(16)12-5-3-9-19-12/h1-6,9,11,15-16H,7-8H2/t11-/m0/s1. The van der Waals surface area contributed by atoms with Crippen LogP contribution in [0, 0.1) is 0 Å². The third-order valence-electron chi connectivity index (χ3n) is 2.71. The van der Waals surface area contributed by atoms with Gasteiger partial charge in [0.1, 0.15) is 11.9 Å². The minimum Gasteiger partial charge on any atom is -0.467 e. The molecule has 0 fully saturated rings. The van der Waals surface area contributed by atoms with Crippen LogP contribution in [0.25, 0.3) is 0 Å². The summed E-state index contributed by atoms with van der Waals surface area (Å²) in [6.45, 7) is 0.117. The van der Waals surface area contributed by atoms with Crippen molar-refractivity contribution in [3.05, 3.63) is 52.9 Å². The smallest absolute Gasteiger partial charge is 0.241 e. The maximum atomic E-state index is 12.1. The van der Waals surface area contributed by atoms with Crippen LogP contribution >= 0.6 is 15.9 Å². The van der Waals surface area contributed by atoms with Gasteiger partial charge in [0.15, 0.2) is 0 Å². The molecule has 1 heterocycles. The van der Waals surface area contributed by atoms with Crippen molar-refractivity contribution in [3.8, 4) is 0 Å². The third-order valence-corrected chi connectivity index (χ3v) is 5.18. The average molecular weight is 360 g/mol. The van der Waals surface area contributed by atoms with Crippen LogP contribution in [-0.4, -0.2) is 20.1 Å². The molecule has 1 aromatic carbocycles. The zero-order chi connectivity index (χ0) is 14.6. The van der Waals surface area contributed by atoms with Gasteiger partial charge in [-0.25, -0.2) is 13.1 Å². The van der Waals surface area contributed by atoms with Crippen molar-refractivity contribution < 1.29 is 17.9 Å². The largest absolute Gasteiger partial charge is 0.467 e. The van der Waals surface area contributed by atoms with Crippen molar-refractivity contribution in [3.63, 3.8) is 0 Å². The highest BCUT2D eigenvalue weighted by molar-refractivity contribution is 9.10. The zero-order valence-corrected chi connectivity index (χ0v) is 12.9. The molecule has 0 amide bonds. The molecular weight excluding hydrogens is 346 g/mol. The molecule has 20 heavy (non-hydrogen) atoms. The van der Waals surface area contributed by atoms with E-state index in [1.807, 2.05) is 0 Å². The van der Waals surface area contributed by atoms with E-state index in [2.05, 4.69) is 20.7 Å². The summed E-state index contributed by atoms with van der Waals surface area (Å²) in [5.41, 5.74) is 0. The molecule has 0 saturated heterocycles. The molecule has 0 unspecified atom stereocenters. The second-order valence-corrected chi connectivity index (χ2v) is 6.74. The van der Waals surface area contributed by atoms with Crippen LogP contribution in [0.15, 0.2) is 56.4 Å². The van der Waals surface area contributed by atoms with Crippen molar-refractivity contribution in [2.24, 2.45) is 0 Å². The van der Waals surface area contributed by atoms with Gasteiger partial charge in [-0.2, -0.15) is 0 Å². The van der Waals surface area contributed by atoms with Crippen molar-refractivity contribution in [1.82, 2.24) is 4.72 Å². The predicted molar refractivity (Wildman–Crippen MR) is 77.6 cm³/mol. The van der Waals surface area contributed by atoms with Gasteiger partial charge in [-0.05, 0) is 46.6 Å². The van der Waals surface area contributed by atoms with Crippen LogP contribution < -0.4 is 4.72 Å². The zero-order valence-electron chi connectivity index (χ0n) is 10.5. The van der Waals surface area contributed by atoms with E-state index in [0.29, 0.717) is 10.2 Å². The number of halogens is 1. The number of sulfonamides is 1. The Bertz CT molecular complexity index is 655. The van der Waals surface area contributed by atoms with E-state index in [4.69, 9.17) is 4.42 Å². The average Bonchev–Trinajstić information content (AvgIpc) is 2.92. The van der Waals surface area contributed by atoms with Crippen LogP contribution in [0.5, 0.6) is 0 Å². The molecule has 2 rings (SSSR count). The second-order valence-electron chi connectivity index (χ2n) is 4.15. The van der Waals surface area contributed by atoms with Crippen LogP contribution in [0.3, 0.4) is 0 Å². The molecule has 2 aromatic rings. The highest BCUT2D eigenvalue weighted by Crippen LogP contribution is 2.21. The SMILES string of the molecule is O=S(=O)(NCC[C@H](O)c1ccco1)c1ccccc1Br. The van der Waals surface area contributed by atoms with Gasteiger partial charge in [-0.1, -0.05) is 12.1 Å². The summed E-state index contributed by atoms with van der Waals surface area (Å²) in [6.07, 6.45) is 0.869. The van der Waals surface area contributed by atoms with Crippen LogP contribution in [0.2, 0.25) is 0 Å². The summed E-state index contributed by atoms with van der Waals surface area (Å²) in [5.74, 6) is 0.421. The van der Waals surface area contributed by atoms with Crippen molar-refractivity contribution in [1.29, 1.82) is 0 Å². The highest BCUT2D eigenvalue weighted by Gasteiger charge is 2.18. The van der Waals surface area contributed by atoms with Gasteiger partial charge in [0.2, 0.25) is 10.0 Å². The summed E-state index contributed by atoms with van der Waals surface area (Å²) < 4.78 is 32.1. The van der Waals surface area contributed by atoms with Gasteiger partial charge in [-0.15, -0.1) is 0 Å². The lowest BCUT2D eigenvalue weighted by atomic mass is 10.2. The van der Waals surface area contributed by atoms with Crippen molar-refractivity contribution >= 4 is 26.0 Å². The molecule has 0 spiro atoms. The minimum atomic E-state index is -3.59. The van der Waals surface area contributed by atoms with Crippen LogP contribution in [0.4, 0.5) is 0 Å². The van der Waals surface area contributed by atoms with Crippen LogP contribution in [0.1, 0.15) is 18.3 Å². The quantitative estimate of drug-likeness (QED) is 0.829. The molecule has 7 heteroatoms. The monoisotopic (exact) mass is 359 g/mol. The van der Waals surface area contributed by atoms with E-state index in [1.165, 1.54) is 12.3 Å². The molecule has 0 radical (unpaired) electrons. The molecule has 108 valence electrons. The van der Waals surface area contributed by atoms with E-state index in [1.54, 1.807) is 30.3 Å². The summed E-state index contributed by atoms with van der Waals surface area (Å²) in [6, 6.07) is 9.87. The lowest BCUT2D eigenvalue weighted by molar-refractivity contribution is 0.142. The Labute approximate surface area is 125 Å². The van der Waals surface area contributed by atoms with Crippen molar-refractivity contribution in [2.45, 2.75) is 17.4 Å². The van der Waals surface area contributed by atoms with E-state index >= 15 is 0 Å². The Hall–Kier alpha value is -1.15. The lowest BCUT2D eigenvalue weighted by Crippen LogP contribution is -2.26. The minimum absolute atomic E-state index is 0.117. The van der Waals surface area contributed by atoms with E-state index in [9.17, 15) is 13.5 Å². The number of benzene rings is 1. The van der Waals surface area contributed by atoms with Gasteiger partial charge in [0.05, 0.1) is 11.2 Å². The molecule has 0 saturated carbocycles. The first-order chi connectivity index (χ1) is 9.50. The number of hydrogen-bond donors (Lipinski definition) is 2. The fraction of sp³-hybridized carbons (Fsp3) is 0.231. The maximum absolute atomic E-state index is 12.1.